The second-order valence-corrected chi connectivity index (χ2v) is 10.5. The molecule has 3 atom stereocenters. The van der Waals surface area contributed by atoms with Crippen molar-refractivity contribution in [3.63, 3.8) is 0 Å². The second-order valence-electron chi connectivity index (χ2n) is 10.5. The van der Waals surface area contributed by atoms with E-state index in [0.29, 0.717) is 12.8 Å². The molecule has 0 bridgehead atoms. The number of carboxylic acids is 1. The smallest absolute Gasteiger partial charge is 0.313 e. The summed E-state index contributed by atoms with van der Waals surface area (Å²) in [7, 11) is 0. The minimum atomic E-state index is -0.940. The standard InChI is InChI=1S/C34H31NO3/c36-33(37)34(21-11-19-27(22-34)24-12-4-1-5-13-24)23-28-18-10-20-29(28)32-35-30(25-14-6-2-7-15-25)31(38-32)26-16-8-3-9-17-26/h1-9,11-17,19,21,28-29H,10,18,20,22-23H2,(H,36,37). The maximum Gasteiger partial charge on any atom is 0.313 e. The van der Waals surface area contributed by atoms with Crippen LogP contribution in [0.5, 0.6) is 0 Å². The average molecular weight is 502 g/mol. The Hall–Kier alpha value is -4.18. The molecule has 3 aromatic carbocycles. The highest BCUT2D eigenvalue weighted by atomic mass is 16.4. The van der Waals surface area contributed by atoms with Crippen LogP contribution in [0.1, 0.15) is 49.5 Å². The van der Waals surface area contributed by atoms with E-state index in [1.54, 1.807) is 0 Å². The van der Waals surface area contributed by atoms with Crippen LogP contribution in [0.3, 0.4) is 0 Å². The van der Waals surface area contributed by atoms with E-state index in [9.17, 15) is 9.90 Å². The third kappa shape index (κ3) is 4.63. The zero-order valence-corrected chi connectivity index (χ0v) is 21.3. The van der Waals surface area contributed by atoms with Crippen molar-refractivity contribution in [2.75, 3.05) is 0 Å². The van der Waals surface area contributed by atoms with Crippen LogP contribution in [0.4, 0.5) is 0 Å². The lowest BCUT2D eigenvalue weighted by Crippen LogP contribution is -2.33. The van der Waals surface area contributed by atoms with Crippen LogP contribution in [0.2, 0.25) is 0 Å². The summed E-state index contributed by atoms with van der Waals surface area (Å²) in [6, 6.07) is 30.4. The molecule has 6 rings (SSSR count). The Morgan fingerprint density at radius 1 is 0.868 bits per heavy atom. The number of aliphatic carboxylic acids is 1. The molecule has 0 radical (unpaired) electrons. The van der Waals surface area contributed by atoms with Crippen molar-refractivity contribution in [2.45, 2.75) is 38.0 Å². The number of oxazole rings is 1. The summed E-state index contributed by atoms with van der Waals surface area (Å²) in [6.45, 7) is 0. The number of hydrogen-bond acceptors (Lipinski definition) is 3. The summed E-state index contributed by atoms with van der Waals surface area (Å²) in [5.41, 5.74) is 4.07. The zero-order valence-electron chi connectivity index (χ0n) is 21.3. The van der Waals surface area contributed by atoms with Crippen molar-refractivity contribution >= 4 is 11.5 Å². The van der Waals surface area contributed by atoms with E-state index in [0.717, 1.165) is 58.9 Å². The monoisotopic (exact) mass is 501 g/mol. The Morgan fingerprint density at radius 2 is 1.50 bits per heavy atom. The number of benzene rings is 3. The molecule has 0 saturated heterocycles. The van der Waals surface area contributed by atoms with Crippen LogP contribution in [-0.2, 0) is 4.79 Å². The van der Waals surface area contributed by atoms with Gasteiger partial charge in [0.2, 0.25) is 0 Å². The lowest BCUT2D eigenvalue weighted by Gasteiger charge is -2.33. The van der Waals surface area contributed by atoms with Crippen LogP contribution in [0, 0.1) is 11.3 Å². The van der Waals surface area contributed by atoms with Gasteiger partial charge in [-0.15, -0.1) is 0 Å². The molecule has 4 heteroatoms. The van der Waals surface area contributed by atoms with Crippen LogP contribution in [-0.4, -0.2) is 16.1 Å². The summed E-state index contributed by atoms with van der Waals surface area (Å²) in [4.78, 5) is 17.9. The van der Waals surface area contributed by atoms with Crippen molar-refractivity contribution in [2.24, 2.45) is 11.3 Å². The molecule has 1 aromatic heterocycles. The second kappa shape index (κ2) is 10.3. The lowest BCUT2D eigenvalue weighted by atomic mass is 9.69. The van der Waals surface area contributed by atoms with Crippen molar-refractivity contribution < 1.29 is 14.3 Å². The van der Waals surface area contributed by atoms with Gasteiger partial charge in [-0.2, -0.15) is 0 Å². The van der Waals surface area contributed by atoms with Crippen LogP contribution >= 0.6 is 0 Å². The van der Waals surface area contributed by atoms with Crippen LogP contribution in [0.15, 0.2) is 114 Å². The largest absolute Gasteiger partial charge is 0.481 e. The number of rotatable bonds is 7. The maximum absolute atomic E-state index is 12.8. The number of carboxylic acid groups (broad SMARTS) is 1. The highest BCUT2D eigenvalue weighted by molar-refractivity contribution is 5.83. The molecule has 190 valence electrons. The van der Waals surface area contributed by atoms with Gasteiger partial charge in [0.15, 0.2) is 11.7 Å². The molecule has 0 spiro atoms. The van der Waals surface area contributed by atoms with Gasteiger partial charge in [0, 0.05) is 17.0 Å². The van der Waals surface area contributed by atoms with Crippen LogP contribution < -0.4 is 0 Å². The third-order valence-corrected chi connectivity index (χ3v) is 8.12. The van der Waals surface area contributed by atoms with E-state index < -0.39 is 11.4 Å². The molecule has 1 fully saturated rings. The van der Waals surface area contributed by atoms with E-state index in [1.165, 1.54) is 0 Å². The molecule has 1 heterocycles. The van der Waals surface area contributed by atoms with Gasteiger partial charge in [-0.3, -0.25) is 4.79 Å². The molecule has 4 aromatic rings. The normalized spacial score (nSPS) is 22.8. The Labute approximate surface area is 223 Å². The van der Waals surface area contributed by atoms with Gasteiger partial charge in [0.05, 0.1) is 5.41 Å². The Bertz CT molecular complexity index is 1410. The molecule has 1 saturated carbocycles. The van der Waals surface area contributed by atoms with E-state index >= 15 is 0 Å². The third-order valence-electron chi connectivity index (χ3n) is 8.12. The van der Waals surface area contributed by atoms with E-state index in [-0.39, 0.29) is 11.8 Å². The van der Waals surface area contributed by atoms with Gasteiger partial charge in [-0.05, 0) is 42.7 Å². The van der Waals surface area contributed by atoms with Crippen molar-refractivity contribution in [1.29, 1.82) is 0 Å². The summed E-state index contributed by atoms with van der Waals surface area (Å²) >= 11 is 0. The number of hydrogen-bond donors (Lipinski definition) is 1. The molecular weight excluding hydrogens is 470 g/mol. The predicted molar refractivity (Wildman–Crippen MR) is 150 cm³/mol. The van der Waals surface area contributed by atoms with Gasteiger partial charge in [-0.25, -0.2) is 4.98 Å². The first-order valence-corrected chi connectivity index (χ1v) is 13.4. The number of carbonyl (C=O) groups is 1. The number of nitrogens with zero attached hydrogens (tertiary/aromatic N) is 1. The maximum atomic E-state index is 12.8. The van der Waals surface area contributed by atoms with E-state index in [1.807, 2.05) is 78.9 Å². The van der Waals surface area contributed by atoms with Gasteiger partial charge in [0.1, 0.15) is 5.69 Å². The number of aromatic nitrogens is 1. The SMILES string of the molecule is O=C(O)C1(CC2CCCC2c2nc(-c3ccccc3)c(-c3ccccc3)o2)C=CC=C(c2ccccc2)C1. The highest BCUT2D eigenvalue weighted by Crippen LogP contribution is 2.50. The van der Waals surface area contributed by atoms with E-state index in [4.69, 9.17) is 9.40 Å². The Morgan fingerprint density at radius 3 is 2.16 bits per heavy atom. The number of allylic oxidation sites excluding steroid dienone is 3. The fourth-order valence-electron chi connectivity index (χ4n) is 6.18. The topological polar surface area (TPSA) is 63.3 Å². The first-order chi connectivity index (χ1) is 18.6. The van der Waals surface area contributed by atoms with Gasteiger partial charge in [0.25, 0.3) is 0 Å². The molecule has 4 nitrogen and oxygen atoms in total. The Balaban J connectivity index is 1.33. The molecule has 2 aliphatic rings. The first kappa shape index (κ1) is 24.2. The summed E-state index contributed by atoms with van der Waals surface area (Å²) in [5, 5.41) is 10.5. The molecule has 2 aliphatic carbocycles. The zero-order chi connectivity index (χ0) is 26.0. The lowest BCUT2D eigenvalue weighted by molar-refractivity contribution is -0.146. The Kier molecular flexibility index (Phi) is 6.55. The van der Waals surface area contributed by atoms with Crippen molar-refractivity contribution in [3.05, 3.63) is 121 Å². The van der Waals surface area contributed by atoms with Gasteiger partial charge >= 0.3 is 5.97 Å². The fraction of sp³-hybridized carbons (Fsp3) is 0.235. The molecule has 0 amide bonds. The molecule has 0 aliphatic heterocycles. The molecule has 3 unspecified atom stereocenters. The van der Waals surface area contributed by atoms with Crippen LogP contribution in [0.25, 0.3) is 28.2 Å². The summed E-state index contributed by atoms with van der Waals surface area (Å²) in [6.07, 6.45) is 9.90. The molecular formula is C34H31NO3. The van der Waals surface area contributed by atoms with Crippen molar-refractivity contribution in [1.82, 2.24) is 4.98 Å². The first-order valence-electron chi connectivity index (χ1n) is 13.4. The molecule has 1 N–H and O–H groups in total. The van der Waals surface area contributed by atoms with Gasteiger partial charge in [-0.1, -0.05) is 116 Å². The predicted octanol–water partition coefficient (Wildman–Crippen LogP) is 8.40. The summed E-state index contributed by atoms with van der Waals surface area (Å²) in [5.74, 6) is 1.01. The van der Waals surface area contributed by atoms with Crippen molar-refractivity contribution in [3.8, 4) is 22.6 Å². The van der Waals surface area contributed by atoms with Gasteiger partial charge < -0.3 is 9.52 Å². The average Bonchev–Trinajstić information content (AvgIpc) is 3.62. The fourth-order valence-corrected chi connectivity index (χ4v) is 6.18. The quantitative estimate of drug-likeness (QED) is 0.276. The summed E-state index contributed by atoms with van der Waals surface area (Å²) < 4.78 is 6.55. The van der Waals surface area contributed by atoms with E-state index in [2.05, 4.69) is 30.3 Å². The molecule has 38 heavy (non-hydrogen) atoms. The highest BCUT2D eigenvalue weighted by Gasteiger charge is 2.44. The minimum Gasteiger partial charge on any atom is -0.481 e. The minimum absolute atomic E-state index is 0.0885.